The van der Waals surface area contributed by atoms with E-state index in [0.717, 1.165) is 23.1 Å². The molecule has 1 aliphatic rings. The van der Waals surface area contributed by atoms with Gasteiger partial charge in [0, 0.05) is 36.2 Å². The quantitative estimate of drug-likeness (QED) is 0.225. The van der Waals surface area contributed by atoms with Gasteiger partial charge in [-0.05, 0) is 55.2 Å². The molecule has 0 unspecified atom stereocenters. The number of hydrogen-bond donors (Lipinski definition) is 3. The molecule has 1 fully saturated rings. The second-order valence-electron chi connectivity index (χ2n) is 8.79. The van der Waals surface area contributed by atoms with E-state index in [2.05, 4.69) is 9.84 Å². The van der Waals surface area contributed by atoms with Crippen molar-refractivity contribution in [3.63, 3.8) is 0 Å². The molecule has 2 atom stereocenters. The molecule has 4 rings (SSSR count). The molecule has 37 heavy (non-hydrogen) atoms. The lowest BCUT2D eigenvalue weighted by molar-refractivity contribution is -0.145. The molecule has 0 spiro atoms. The zero-order chi connectivity index (χ0) is 26.7. The Hall–Kier alpha value is -3.66. The summed E-state index contributed by atoms with van der Waals surface area (Å²) in [4.78, 5) is 57.4. The largest absolute Gasteiger partial charge is 0.524 e. The van der Waals surface area contributed by atoms with Crippen LogP contribution in [-0.2, 0) is 25.3 Å². The number of amides is 1. The van der Waals surface area contributed by atoms with Crippen molar-refractivity contribution in [1.29, 1.82) is 0 Å². The summed E-state index contributed by atoms with van der Waals surface area (Å²) < 4.78 is 25.8. The number of rotatable bonds is 8. The molecular formula is C25H27N2O9P. The summed E-state index contributed by atoms with van der Waals surface area (Å²) in [5.41, 5.74) is 2.15. The zero-order valence-corrected chi connectivity index (χ0v) is 21.1. The fraction of sp³-hybridized carbons (Fsp3) is 0.320. The van der Waals surface area contributed by atoms with Crippen molar-refractivity contribution in [2.75, 3.05) is 18.6 Å². The highest BCUT2D eigenvalue weighted by molar-refractivity contribution is 7.46. The predicted molar refractivity (Wildman–Crippen MR) is 134 cm³/mol. The number of fused-ring (bicyclic) bond motifs is 1. The fourth-order valence-electron chi connectivity index (χ4n) is 4.50. The monoisotopic (exact) mass is 530 g/mol. The lowest BCUT2D eigenvalue weighted by atomic mass is 10.0. The molecule has 0 radical (unpaired) electrons. The zero-order valence-electron chi connectivity index (χ0n) is 20.2. The summed E-state index contributed by atoms with van der Waals surface area (Å²) in [6, 6.07) is 11.2. The van der Waals surface area contributed by atoms with Gasteiger partial charge in [0.05, 0.1) is 7.11 Å². The number of ether oxygens (including phenoxy) is 1. The standard InChI is InChI=1S/C25H27N2O9P/c1-15-12-23(28)35-22-14-17(7-10-19(15)22)27-11-3-4-21(27)24(29)26-20(25(30)34-2)13-16-5-8-18(9-6-16)36-37(31,32)33/h5-10,12,14,20-21H,3-4,11,13H2,1-2H3,(H,26,29)(H2,31,32,33)/t20-,21+/m0/s1. The van der Waals surface area contributed by atoms with Crippen molar-refractivity contribution in [1.82, 2.24) is 5.32 Å². The molecule has 2 heterocycles. The van der Waals surface area contributed by atoms with Gasteiger partial charge in [0.2, 0.25) is 5.91 Å². The van der Waals surface area contributed by atoms with Gasteiger partial charge in [0.15, 0.2) is 0 Å². The van der Waals surface area contributed by atoms with Crippen molar-refractivity contribution in [2.45, 2.75) is 38.3 Å². The van der Waals surface area contributed by atoms with Crippen LogP contribution in [-0.4, -0.2) is 47.4 Å². The number of nitrogens with zero attached hydrogens (tertiary/aromatic N) is 1. The maximum absolute atomic E-state index is 13.3. The number of esters is 1. The van der Waals surface area contributed by atoms with Crippen LogP contribution in [0.4, 0.5) is 5.69 Å². The molecule has 2 aromatic carbocycles. The van der Waals surface area contributed by atoms with E-state index >= 15 is 0 Å². The third-order valence-electron chi connectivity index (χ3n) is 6.21. The Kier molecular flexibility index (Phi) is 7.68. The molecule has 0 aliphatic carbocycles. The number of phosphoric ester groups is 1. The first kappa shape index (κ1) is 26.4. The van der Waals surface area contributed by atoms with Crippen LogP contribution in [0.15, 0.2) is 57.7 Å². The Balaban J connectivity index is 1.50. The number of phosphoric acid groups is 1. The minimum absolute atomic E-state index is 0.0289. The smallest absolute Gasteiger partial charge is 0.467 e. The predicted octanol–water partition coefficient (Wildman–Crippen LogP) is 2.44. The van der Waals surface area contributed by atoms with Gasteiger partial charge in [-0.25, -0.2) is 14.2 Å². The van der Waals surface area contributed by atoms with Gasteiger partial charge in [-0.2, -0.15) is 0 Å². The molecular weight excluding hydrogens is 503 g/mol. The maximum atomic E-state index is 13.3. The van der Waals surface area contributed by atoms with E-state index in [1.807, 2.05) is 24.0 Å². The molecule has 196 valence electrons. The second-order valence-corrected chi connectivity index (χ2v) is 9.96. The minimum Gasteiger partial charge on any atom is -0.467 e. The molecule has 1 aromatic heterocycles. The van der Waals surface area contributed by atoms with Crippen LogP contribution in [0.25, 0.3) is 11.0 Å². The summed E-state index contributed by atoms with van der Waals surface area (Å²) in [6.45, 7) is 2.44. The Labute approximate surface area is 212 Å². The highest BCUT2D eigenvalue weighted by Crippen LogP contribution is 2.37. The molecule has 0 saturated carbocycles. The molecule has 11 nitrogen and oxygen atoms in total. The van der Waals surface area contributed by atoms with Crippen molar-refractivity contribution in [3.8, 4) is 5.75 Å². The van der Waals surface area contributed by atoms with Crippen LogP contribution in [0.5, 0.6) is 5.75 Å². The number of carbonyl (C=O) groups is 2. The van der Waals surface area contributed by atoms with Crippen LogP contribution < -0.4 is 20.4 Å². The average molecular weight is 530 g/mol. The van der Waals surface area contributed by atoms with Crippen molar-refractivity contribution < 1.29 is 37.6 Å². The van der Waals surface area contributed by atoms with Crippen molar-refractivity contribution in [3.05, 3.63) is 70.1 Å². The summed E-state index contributed by atoms with van der Waals surface area (Å²) in [5.74, 6) is -1.00. The maximum Gasteiger partial charge on any atom is 0.524 e. The summed E-state index contributed by atoms with van der Waals surface area (Å²) in [6.07, 6.45) is 1.43. The van der Waals surface area contributed by atoms with Gasteiger partial charge in [-0.15, -0.1) is 0 Å². The van der Waals surface area contributed by atoms with E-state index in [9.17, 15) is 18.9 Å². The first-order chi connectivity index (χ1) is 17.5. The third kappa shape index (κ3) is 6.37. The molecule has 3 N–H and O–H groups in total. The van der Waals surface area contributed by atoms with Gasteiger partial charge < -0.3 is 23.9 Å². The lowest BCUT2D eigenvalue weighted by Gasteiger charge is -2.27. The lowest BCUT2D eigenvalue weighted by Crippen LogP contribution is -2.50. The van der Waals surface area contributed by atoms with Gasteiger partial charge >= 0.3 is 19.4 Å². The van der Waals surface area contributed by atoms with E-state index in [4.69, 9.17) is 18.9 Å². The van der Waals surface area contributed by atoms with Gasteiger partial charge in [-0.3, -0.25) is 14.6 Å². The van der Waals surface area contributed by atoms with E-state index in [0.29, 0.717) is 24.1 Å². The van der Waals surface area contributed by atoms with Crippen LogP contribution in [0.1, 0.15) is 24.0 Å². The number of anilines is 1. The normalized spacial score (nSPS) is 16.4. The van der Waals surface area contributed by atoms with Gasteiger partial charge in [0.1, 0.15) is 23.4 Å². The summed E-state index contributed by atoms with van der Waals surface area (Å²) in [5, 5.41) is 3.59. The highest BCUT2D eigenvalue weighted by atomic mass is 31.2. The Morgan fingerprint density at radius 3 is 2.59 bits per heavy atom. The van der Waals surface area contributed by atoms with Crippen molar-refractivity contribution in [2.24, 2.45) is 0 Å². The Morgan fingerprint density at radius 2 is 1.92 bits per heavy atom. The van der Waals surface area contributed by atoms with Crippen LogP contribution in [0, 0.1) is 6.92 Å². The van der Waals surface area contributed by atoms with E-state index in [-0.39, 0.29) is 18.1 Å². The van der Waals surface area contributed by atoms with Crippen molar-refractivity contribution >= 4 is 36.4 Å². The Morgan fingerprint density at radius 1 is 1.19 bits per heavy atom. The molecule has 1 saturated heterocycles. The molecule has 12 heteroatoms. The second kappa shape index (κ2) is 10.8. The third-order valence-corrected chi connectivity index (χ3v) is 6.66. The topological polar surface area (TPSA) is 156 Å². The number of nitrogens with one attached hydrogen (secondary N) is 1. The van der Waals surface area contributed by atoms with E-state index in [1.54, 1.807) is 18.2 Å². The average Bonchev–Trinajstić information content (AvgIpc) is 3.33. The first-order valence-electron chi connectivity index (χ1n) is 11.6. The molecule has 1 aliphatic heterocycles. The number of aryl methyl sites for hydroxylation is 1. The van der Waals surface area contributed by atoms with Crippen LogP contribution >= 0.6 is 7.82 Å². The number of hydrogen-bond acceptors (Lipinski definition) is 8. The van der Waals surface area contributed by atoms with Gasteiger partial charge in [0.25, 0.3) is 0 Å². The summed E-state index contributed by atoms with van der Waals surface area (Å²) in [7, 11) is -3.46. The van der Waals surface area contributed by atoms with Crippen LogP contribution in [0.2, 0.25) is 0 Å². The van der Waals surface area contributed by atoms with Crippen LogP contribution in [0.3, 0.4) is 0 Å². The minimum atomic E-state index is -4.69. The number of methoxy groups -OCH3 is 1. The summed E-state index contributed by atoms with van der Waals surface area (Å²) >= 11 is 0. The van der Waals surface area contributed by atoms with E-state index < -0.39 is 31.5 Å². The molecule has 1 amide bonds. The molecule has 3 aromatic rings. The number of benzene rings is 2. The van der Waals surface area contributed by atoms with Gasteiger partial charge in [-0.1, -0.05) is 12.1 Å². The molecule has 0 bridgehead atoms. The first-order valence-corrected chi connectivity index (χ1v) is 13.1. The Bertz CT molecular complexity index is 1410. The fourth-order valence-corrected chi connectivity index (χ4v) is 4.90. The SMILES string of the molecule is COC(=O)[C@H](Cc1ccc(OP(=O)(O)O)cc1)NC(=O)[C@H]1CCCN1c1ccc2c(C)cc(=O)oc2c1. The number of carbonyl (C=O) groups excluding carboxylic acids is 2. The van der Waals surface area contributed by atoms with E-state index in [1.165, 1.54) is 25.3 Å². The highest BCUT2D eigenvalue weighted by Gasteiger charge is 2.34.